The van der Waals surface area contributed by atoms with Gasteiger partial charge >= 0.3 is 0 Å². The van der Waals surface area contributed by atoms with E-state index in [1.165, 1.54) is 16.8 Å². The second-order valence-electron chi connectivity index (χ2n) is 5.85. The third-order valence-electron chi connectivity index (χ3n) is 3.89. The number of nitrogens with zero attached hydrogens (tertiary/aromatic N) is 2. The molecule has 2 amide bonds. The highest BCUT2D eigenvalue weighted by atomic mass is 79.9. The van der Waals surface area contributed by atoms with Crippen LogP contribution in [-0.4, -0.2) is 21.6 Å². The molecule has 3 N–H and O–H groups in total. The monoisotopic (exact) mass is 430 g/mol. The Morgan fingerprint density at radius 2 is 1.81 bits per heavy atom. The van der Waals surface area contributed by atoms with E-state index in [1.54, 1.807) is 30.5 Å². The Morgan fingerprint density at radius 3 is 2.44 bits per heavy atom. The number of aromatic nitrogens is 2. The fraction of sp³-hybridized carbons (Fsp3) is 0.105. The standard InChI is InChI=1S/C19H16BrFN4O2/c20-15-11-25(14-8-6-13(21)7-9-14)24-18(15)19(27)23-16(10-17(22)26)12-4-2-1-3-5-12/h1-9,11,16H,10H2,(H2,22,26)(H,23,27)/t16-/m1/s1. The summed E-state index contributed by atoms with van der Waals surface area (Å²) in [6.07, 6.45) is 1.57. The van der Waals surface area contributed by atoms with Gasteiger partial charge in [0, 0.05) is 6.20 Å². The van der Waals surface area contributed by atoms with E-state index < -0.39 is 17.9 Å². The second kappa shape index (κ2) is 8.13. The van der Waals surface area contributed by atoms with Crippen LogP contribution in [0.1, 0.15) is 28.5 Å². The summed E-state index contributed by atoms with van der Waals surface area (Å²) in [6.45, 7) is 0. The van der Waals surface area contributed by atoms with E-state index in [0.29, 0.717) is 10.2 Å². The zero-order valence-corrected chi connectivity index (χ0v) is 15.7. The Kier molecular flexibility index (Phi) is 5.66. The number of hydrogen-bond acceptors (Lipinski definition) is 3. The van der Waals surface area contributed by atoms with Crippen LogP contribution in [0, 0.1) is 5.82 Å². The van der Waals surface area contributed by atoms with E-state index in [1.807, 2.05) is 18.2 Å². The van der Waals surface area contributed by atoms with Crippen LogP contribution in [0.15, 0.2) is 65.3 Å². The van der Waals surface area contributed by atoms with Gasteiger partial charge in [0.15, 0.2) is 5.69 Å². The third kappa shape index (κ3) is 4.59. The minimum atomic E-state index is -0.570. The predicted octanol–water partition coefficient (Wildman–Crippen LogP) is 3.12. The van der Waals surface area contributed by atoms with Gasteiger partial charge in [0.05, 0.1) is 22.6 Å². The van der Waals surface area contributed by atoms with Gasteiger partial charge in [-0.2, -0.15) is 5.10 Å². The first-order valence-corrected chi connectivity index (χ1v) is 8.88. The quantitative estimate of drug-likeness (QED) is 0.629. The van der Waals surface area contributed by atoms with Crippen LogP contribution in [0.3, 0.4) is 0 Å². The number of rotatable bonds is 6. The summed E-state index contributed by atoms with van der Waals surface area (Å²) >= 11 is 3.32. The molecule has 0 aliphatic heterocycles. The summed E-state index contributed by atoms with van der Waals surface area (Å²) in [4.78, 5) is 24.1. The summed E-state index contributed by atoms with van der Waals surface area (Å²) in [7, 11) is 0. The van der Waals surface area contributed by atoms with Gasteiger partial charge in [-0.05, 0) is 45.8 Å². The van der Waals surface area contributed by atoms with E-state index in [2.05, 4.69) is 26.3 Å². The molecule has 0 saturated heterocycles. The van der Waals surface area contributed by atoms with E-state index >= 15 is 0 Å². The van der Waals surface area contributed by atoms with Crippen molar-refractivity contribution >= 4 is 27.7 Å². The molecule has 1 aromatic heterocycles. The van der Waals surface area contributed by atoms with Crippen molar-refractivity contribution in [3.05, 3.63) is 82.3 Å². The van der Waals surface area contributed by atoms with Gasteiger partial charge in [-0.3, -0.25) is 9.59 Å². The summed E-state index contributed by atoms with van der Waals surface area (Å²) in [5.41, 5.74) is 6.83. The SMILES string of the molecule is NC(=O)C[C@@H](NC(=O)c1nn(-c2ccc(F)cc2)cc1Br)c1ccccc1. The van der Waals surface area contributed by atoms with Crippen molar-refractivity contribution in [1.29, 1.82) is 0 Å². The fourth-order valence-electron chi connectivity index (χ4n) is 2.60. The highest BCUT2D eigenvalue weighted by Crippen LogP contribution is 2.21. The molecular weight excluding hydrogens is 415 g/mol. The molecule has 0 unspecified atom stereocenters. The van der Waals surface area contributed by atoms with Gasteiger partial charge in [-0.15, -0.1) is 0 Å². The molecule has 27 heavy (non-hydrogen) atoms. The van der Waals surface area contributed by atoms with E-state index in [4.69, 9.17) is 5.73 Å². The average molecular weight is 431 g/mol. The van der Waals surface area contributed by atoms with E-state index in [-0.39, 0.29) is 17.9 Å². The van der Waals surface area contributed by atoms with Crippen LogP contribution in [0.5, 0.6) is 0 Å². The molecule has 3 rings (SSSR count). The fourth-order valence-corrected chi connectivity index (χ4v) is 3.05. The van der Waals surface area contributed by atoms with Gasteiger partial charge < -0.3 is 11.1 Å². The molecule has 0 fully saturated rings. The molecule has 1 atom stereocenters. The van der Waals surface area contributed by atoms with Crippen molar-refractivity contribution in [2.45, 2.75) is 12.5 Å². The van der Waals surface area contributed by atoms with Gasteiger partial charge in [-0.1, -0.05) is 30.3 Å². The number of carbonyl (C=O) groups is 2. The predicted molar refractivity (Wildman–Crippen MR) is 102 cm³/mol. The molecule has 2 aromatic carbocycles. The summed E-state index contributed by atoms with van der Waals surface area (Å²) in [6, 6.07) is 14.2. The first-order chi connectivity index (χ1) is 12.9. The normalized spacial score (nSPS) is 11.8. The van der Waals surface area contributed by atoms with E-state index in [0.717, 1.165) is 5.56 Å². The van der Waals surface area contributed by atoms with Crippen molar-refractivity contribution < 1.29 is 14.0 Å². The average Bonchev–Trinajstić information content (AvgIpc) is 3.04. The van der Waals surface area contributed by atoms with Crippen LogP contribution < -0.4 is 11.1 Å². The first kappa shape index (κ1) is 18.8. The molecule has 138 valence electrons. The second-order valence-corrected chi connectivity index (χ2v) is 6.71. The Labute approximate surface area is 163 Å². The number of benzene rings is 2. The summed E-state index contributed by atoms with van der Waals surface area (Å²) < 4.78 is 15.0. The van der Waals surface area contributed by atoms with Crippen LogP contribution in [0.2, 0.25) is 0 Å². The maximum Gasteiger partial charge on any atom is 0.273 e. The Bertz CT molecular complexity index is 958. The summed E-state index contributed by atoms with van der Waals surface area (Å²) in [5.74, 6) is -1.35. The zero-order chi connectivity index (χ0) is 19.4. The van der Waals surface area contributed by atoms with Crippen LogP contribution in [0.25, 0.3) is 5.69 Å². The molecular formula is C19H16BrFN4O2. The van der Waals surface area contributed by atoms with Crippen molar-refractivity contribution in [2.24, 2.45) is 5.73 Å². The lowest BCUT2D eigenvalue weighted by atomic mass is 10.0. The van der Waals surface area contributed by atoms with Crippen LogP contribution in [-0.2, 0) is 4.79 Å². The lowest BCUT2D eigenvalue weighted by Gasteiger charge is -2.17. The number of carbonyl (C=O) groups excluding carboxylic acids is 2. The van der Waals surface area contributed by atoms with Gasteiger partial charge in [-0.25, -0.2) is 9.07 Å². The Balaban J connectivity index is 1.84. The van der Waals surface area contributed by atoms with Crippen LogP contribution >= 0.6 is 15.9 Å². The third-order valence-corrected chi connectivity index (χ3v) is 4.47. The first-order valence-electron chi connectivity index (χ1n) is 8.09. The number of nitrogens with two attached hydrogens (primary N) is 1. The molecule has 0 aliphatic rings. The maximum absolute atomic E-state index is 13.1. The Hall–Kier alpha value is -3.00. The van der Waals surface area contributed by atoms with Gasteiger partial charge in [0.2, 0.25) is 5.91 Å². The largest absolute Gasteiger partial charge is 0.370 e. The maximum atomic E-state index is 13.1. The molecule has 3 aromatic rings. The molecule has 0 aliphatic carbocycles. The molecule has 0 radical (unpaired) electrons. The highest BCUT2D eigenvalue weighted by Gasteiger charge is 2.22. The highest BCUT2D eigenvalue weighted by molar-refractivity contribution is 9.10. The number of hydrogen-bond donors (Lipinski definition) is 2. The zero-order valence-electron chi connectivity index (χ0n) is 14.1. The summed E-state index contributed by atoms with van der Waals surface area (Å²) in [5, 5.41) is 7.04. The Morgan fingerprint density at radius 1 is 1.15 bits per heavy atom. The topological polar surface area (TPSA) is 90.0 Å². The van der Waals surface area contributed by atoms with Crippen LogP contribution in [0.4, 0.5) is 4.39 Å². The molecule has 1 heterocycles. The molecule has 0 bridgehead atoms. The van der Waals surface area contributed by atoms with Crippen molar-refractivity contribution in [3.63, 3.8) is 0 Å². The number of amides is 2. The molecule has 6 nitrogen and oxygen atoms in total. The molecule has 8 heteroatoms. The van der Waals surface area contributed by atoms with E-state index in [9.17, 15) is 14.0 Å². The lowest BCUT2D eigenvalue weighted by molar-refractivity contribution is -0.118. The number of nitrogens with one attached hydrogen (secondary N) is 1. The van der Waals surface area contributed by atoms with Crippen molar-refractivity contribution in [3.8, 4) is 5.69 Å². The minimum Gasteiger partial charge on any atom is -0.370 e. The number of primary amides is 1. The van der Waals surface area contributed by atoms with Crippen molar-refractivity contribution in [2.75, 3.05) is 0 Å². The van der Waals surface area contributed by atoms with Gasteiger partial charge in [0.25, 0.3) is 5.91 Å². The molecule has 0 spiro atoms. The van der Waals surface area contributed by atoms with Gasteiger partial charge in [0.1, 0.15) is 5.82 Å². The van der Waals surface area contributed by atoms with Crippen molar-refractivity contribution in [1.82, 2.24) is 15.1 Å². The lowest BCUT2D eigenvalue weighted by Crippen LogP contribution is -2.32. The minimum absolute atomic E-state index is 0.0357. The smallest absolute Gasteiger partial charge is 0.273 e. The molecule has 0 saturated carbocycles. The number of halogens is 2.